The van der Waals surface area contributed by atoms with Gasteiger partial charge in [-0.1, -0.05) is 17.2 Å². The van der Waals surface area contributed by atoms with Crippen molar-refractivity contribution < 1.29 is 4.79 Å². The van der Waals surface area contributed by atoms with E-state index in [1.807, 2.05) is 32.9 Å². The molecular formula is C14H22N2O. The van der Waals surface area contributed by atoms with Crippen molar-refractivity contribution >= 4 is 5.91 Å². The van der Waals surface area contributed by atoms with Gasteiger partial charge in [-0.15, -0.1) is 0 Å². The number of carbonyl (C=O) groups excluding carboxylic acids is 1. The van der Waals surface area contributed by atoms with Crippen molar-refractivity contribution in [3.05, 3.63) is 34.9 Å². The molecule has 0 fully saturated rings. The number of hydrogen-bond donors (Lipinski definition) is 2. The summed E-state index contributed by atoms with van der Waals surface area (Å²) >= 11 is 0. The molecule has 0 saturated heterocycles. The average Bonchev–Trinajstić information content (AvgIpc) is 2.22. The average molecular weight is 234 g/mol. The minimum absolute atomic E-state index is 0.00137. The first-order valence-corrected chi connectivity index (χ1v) is 6.11. The van der Waals surface area contributed by atoms with E-state index in [1.54, 1.807) is 0 Å². The maximum atomic E-state index is 11.9. The quantitative estimate of drug-likeness (QED) is 0.767. The molecule has 0 aliphatic heterocycles. The summed E-state index contributed by atoms with van der Waals surface area (Å²) in [6, 6.07) is 6.09. The second-order valence-electron chi connectivity index (χ2n) is 4.75. The molecule has 0 aliphatic rings. The molecule has 3 nitrogen and oxygen atoms in total. The lowest BCUT2D eigenvalue weighted by atomic mass is 10.1. The summed E-state index contributed by atoms with van der Waals surface area (Å²) in [5, 5.41) is 2.91. The first kappa shape index (κ1) is 13.7. The number of hydrogen-bond acceptors (Lipinski definition) is 2. The Labute approximate surface area is 103 Å². The molecule has 1 aromatic rings. The number of benzene rings is 1. The summed E-state index contributed by atoms with van der Waals surface area (Å²) in [7, 11) is 0. The van der Waals surface area contributed by atoms with Gasteiger partial charge in [-0.25, -0.2) is 0 Å². The highest BCUT2D eigenvalue weighted by molar-refractivity contribution is 5.94. The standard InChI is InChI=1S/C14H22N2O/c1-10-7-11(2)9-13(8-10)14(17)16-6-4-5-12(3)15/h7-9,12H,4-6,15H2,1-3H3,(H,16,17). The molecule has 0 radical (unpaired) electrons. The summed E-state index contributed by atoms with van der Waals surface area (Å²) in [4.78, 5) is 11.9. The fourth-order valence-corrected chi connectivity index (χ4v) is 1.83. The molecule has 1 aromatic carbocycles. The van der Waals surface area contributed by atoms with Gasteiger partial charge in [-0.05, 0) is 45.7 Å². The second kappa shape index (κ2) is 6.40. The summed E-state index contributed by atoms with van der Waals surface area (Å²) in [5.74, 6) is 0.00137. The Hall–Kier alpha value is -1.35. The molecule has 94 valence electrons. The van der Waals surface area contributed by atoms with Crippen LogP contribution in [0.15, 0.2) is 18.2 Å². The SMILES string of the molecule is Cc1cc(C)cc(C(=O)NCCCC(C)N)c1. The third kappa shape index (κ3) is 5.00. The molecule has 3 N–H and O–H groups in total. The third-order valence-corrected chi connectivity index (χ3v) is 2.61. The highest BCUT2D eigenvalue weighted by atomic mass is 16.1. The first-order valence-electron chi connectivity index (χ1n) is 6.11. The van der Waals surface area contributed by atoms with Crippen molar-refractivity contribution in [1.82, 2.24) is 5.32 Å². The molecule has 1 rings (SSSR count). The van der Waals surface area contributed by atoms with Crippen LogP contribution in [-0.4, -0.2) is 18.5 Å². The highest BCUT2D eigenvalue weighted by Crippen LogP contribution is 2.08. The van der Waals surface area contributed by atoms with Crippen LogP contribution in [-0.2, 0) is 0 Å². The van der Waals surface area contributed by atoms with E-state index < -0.39 is 0 Å². The maximum absolute atomic E-state index is 11.9. The van der Waals surface area contributed by atoms with Crippen molar-refractivity contribution in [2.45, 2.75) is 39.7 Å². The molecule has 0 aliphatic carbocycles. The summed E-state index contributed by atoms with van der Waals surface area (Å²) in [6.45, 7) is 6.67. The Morgan fingerprint density at radius 3 is 2.41 bits per heavy atom. The normalized spacial score (nSPS) is 12.2. The van der Waals surface area contributed by atoms with E-state index in [0.29, 0.717) is 6.54 Å². The minimum atomic E-state index is 0.00137. The Morgan fingerprint density at radius 1 is 1.29 bits per heavy atom. The molecule has 1 atom stereocenters. The topological polar surface area (TPSA) is 55.1 Å². The maximum Gasteiger partial charge on any atom is 0.251 e. The van der Waals surface area contributed by atoms with Crippen LogP contribution in [0.5, 0.6) is 0 Å². The van der Waals surface area contributed by atoms with Gasteiger partial charge in [0, 0.05) is 18.2 Å². The Morgan fingerprint density at radius 2 is 1.88 bits per heavy atom. The summed E-state index contributed by atoms with van der Waals surface area (Å²) in [5.41, 5.74) is 8.62. The van der Waals surface area contributed by atoms with Crippen LogP contribution in [0.3, 0.4) is 0 Å². The van der Waals surface area contributed by atoms with Gasteiger partial charge >= 0.3 is 0 Å². The van der Waals surface area contributed by atoms with E-state index in [9.17, 15) is 4.79 Å². The van der Waals surface area contributed by atoms with Crippen LogP contribution >= 0.6 is 0 Å². The predicted octanol–water partition coefficient (Wildman–Crippen LogP) is 2.16. The largest absolute Gasteiger partial charge is 0.352 e. The van der Waals surface area contributed by atoms with Crippen LogP contribution in [0.1, 0.15) is 41.3 Å². The Bertz CT molecular complexity index is 366. The van der Waals surface area contributed by atoms with E-state index in [4.69, 9.17) is 5.73 Å². The highest BCUT2D eigenvalue weighted by Gasteiger charge is 2.05. The lowest BCUT2D eigenvalue weighted by molar-refractivity contribution is 0.0952. The molecule has 0 spiro atoms. The number of nitrogens with one attached hydrogen (secondary N) is 1. The van der Waals surface area contributed by atoms with Gasteiger partial charge in [0.15, 0.2) is 0 Å². The number of carbonyl (C=O) groups is 1. The predicted molar refractivity (Wildman–Crippen MR) is 71.1 cm³/mol. The second-order valence-corrected chi connectivity index (χ2v) is 4.75. The molecule has 0 bridgehead atoms. The van der Waals surface area contributed by atoms with E-state index in [-0.39, 0.29) is 11.9 Å². The monoisotopic (exact) mass is 234 g/mol. The smallest absolute Gasteiger partial charge is 0.251 e. The van der Waals surface area contributed by atoms with Crippen molar-refractivity contribution in [1.29, 1.82) is 0 Å². The number of nitrogens with two attached hydrogens (primary N) is 1. The molecular weight excluding hydrogens is 212 g/mol. The van der Waals surface area contributed by atoms with E-state index >= 15 is 0 Å². The Balaban J connectivity index is 2.47. The first-order chi connectivity index (χ1) is 7.99. The van der Waals surface area contributed by atoms with Crippen LogP contribution in [0.25, 0.3) is 0 Å². The number of aryl methyl sites for hydroxylation is 2. The van der Waals surface area contributed by atoms with Gasteiger partial charge in [-0.3, -0.25) is 4.79 Å². The van der Waals surface area contributed by atoms with Gasteiger partial charge in [0.2, 0.25) is 0 Å². The van der Waals surface area contributed by atoms with Crippen molar-refractivity contribution in [3.63, 3.8) is 0 Å². The van der Waals surface area contributed by atoms with Crippen molar-refractivity contribution in [2.24, 2.45) is 5.73 Å². The molecule has 0 saturated carbocycles. The summed E-state index contributed by atoms with van der Waals surface area (Å²) < 4.78 is 0. The zero-order chi connectivity index (χ0) is 12.8. The molecule has 1 unspecified atom stereocenters. The van der Waals surface area contributed by atoms with E-state index in [2.05, 4.69) is 11.4 Å². The van der Waals surface area contributed by atoms with E-state index in [1.165, 1.54) is 0 Å². The van der Waals surface area contributed by atoms with E-state index in [0.717, 1.165) is 29.5 Å². The third-order valence-electron chi connectivity index (χ3n) is 2.61. The zero-order valence-electron chi connectivity index (χ0n) is 10.9. The zero-order valence-corrected chi connectivity index (χ0v) is 10.9. The van der Waals surface area contributed by atoms with Gasteiger partial charge in [0.05, 0.1) is 0 Å². The molecule has 3 heteroatoms. The van der Waals surface area contributed by atoms with Crippen LogP contribution in [0.2, 0.25) is 0 Å². The minimum Gasteiger partial charge on any atom is -0.352 e. The molecule has 17 heavy (non-hydrogen) atoms. The molecule has 0 heterocycles. The van der Waals surface area contributed by atoms with Crippen LogP contribution in [0.4, 0.5) is 0 Å². The van der Waals surface area contributed by atoms with Gasteiger partial charge in [0.25, 0.3) is 5.91 Å². The number of amides is 1. The van der Waals surface area contributed by atoms with Crippen LogP contribution < -0.4 is 11.1 Å². The molecule has 0 aromatic heterocycles. The fourth-order valence-electron chi connectivity index (χ4n) is 1.83. The van der Waals surface area contributed by atoms with Gasteiger partial charge in [0.1, 0.15) is 0 Å². The van der Waals surface area contributed by atoms with Crippen molar-refractivity contribution in [2.75, 3.05) is 6.54 Å². The van der Waals surface area contributed by atoms with Crippen molar-refractivity contribution in [3.8, 4) is 0 Å². The van der Waals surface area contributed by atoms with Gasteiger partial charge < -0.3 is 11.1 Å². The molecule has 1 amide bonds. The van der Waals surface area contributed by atoms with Gasteiger partial charge in [-0.2, -0.15) is 0 Å². The van der Waals surface area contributed by atoms with Crippen LogP contribution in [0, 0.1) is 13.8 Å². The lowest BCUT2D eigenvalue weighted by Crippen LogP contribution is -2.26. The fraction of sp³-hybridized carbons (Fsp3) is 0.500. The Kier molecular flexibility index (Phi) is 5.16. The lowest BCUT2D eigenvalue weighted by Gasteiger charge is -2.08. The summed E-state index contributed by atoms with van der Waals surface area (Å²) in [6.07, 6.45) is 1.86. The number of rotatable bonds is 5.